The first kappa shape index (κ1) is 20.4. The number of ether oxygens (including phenoxy) is 2. The van der Waals surface area contributed by atoms with Crippen molar-refractivity contribution >= 4 is 22.7 Å². The van der Waals surface area contributed by atoms with Gasteiger partial charge in [-0.3, -0.25) is 0 Å². The molecule has 0 heterocycles. The van der Waals surface area contributed by atoms with Gasteiger partial charge in [-0.1, -0.05) is 0 Å². The molecule has 4 aromatic rings. The molecule has 0 radical (unpaired) electrons. The van der Waals surface area contributed by atoms with Gasteiger partial charge in [0.1, 0.15) is 23.0 Å². The fourth-order valence-corrected chi connectivity index (χ4v) is 2.42. The average Bonchev–Trinajstić information content (AvgIpc) is 2.75. The normalized spacial score (nSPS) is 9.87. The Hall–Kier alpha value is -4.32. The molecule has 0 saturated heterocycles. The minimum absolute atomic E-state index is 0.722. The van der Waals surface area contributed by atoms with Gasteiger partial charge in [-0.05, 0) is 97.1 Å². The van der Waals surface area contributed by atoms with Crippen LogP contribution in [-0.4, -0.2) is 0 Å². The molecule has 152 valence electrons. The van der Waals surface area contributed by atoms with E-state index in [1.165, 1.54) is 0 Å². The molecule has 0 unspecified atom stereocenters. The van der Waals surface area contributed by atoms with Crippen LogP contribution in [-0.2, 0) is 0 Å². The Morgan fingerprint density at radius 2 is 0.467 bits per heavy atom. The van der Waals surface area contributed by atoms with Gasteiger partial charge in [-0.15, -0.1) is 0 Å². The van der Waals surface area contributed by atoms with Crippen LogP contribution < -0.4 is 32.4 Å². The standard InChI is InChI=1S/2C12H12N2O/c2*13-9-1-5-11(6-2-9)15-12-7-3-10(14)4-8-12/h2*1-8H,13-14H2. The number of hydrogen-bond donors (Lipinski definition) is 4. The molecule has 0 aliphatic heterocycles. The molecule has 0 saturated carbocycles. The molecule has 4 rings (SSSR count). The van der Waals surface area contributed by atoms with Gasteiger partial charge >= 0.3 is 0 Å². The molecule has 0 aromatic heterocycles. The smallest absolute Gasteiger partial charge is 0.127 e. The van der Waals surface area contributed by atoms with Crippen molar-refractivity contribution < 1.29 is 9.47 Å². The van der Waals surface area contributed by atoms with E-state index < -0.39 is 0 Å². The van der Waals surface area contributed by atoms with E-state index in [0.29, 0.717) is 0 Å². The molecule has 0 atom stereocenters. The van der Waals surface area contributed by atoms with Crippen molar-refractivity contribution in [3.8, 4) is 23.0 Å². The molecule has 0 fully saturated rings. The lowest BCUT2D eigenvalue weighted by atomic mass is 10.3. The van der Waals surface area contributed by atoms with Gasteiger partial charge in [-0.2, -0.15) is 0 Å². The van der Waals surface area contributed by atoms with Gasteiger partial charge in [0, 0.05) is 22.7 Å². The summed E-state index contributed by atoms with van der Waals surface area (Å²) in [5.74, 6) is 3.03. The first-order valence-corrected chi connectivity index (χ1v) is 9.26. The number of anilines is 4. The Bertz CT molecular complexity index is 870. The second kappa shape index (κ2) is 9.75. The van der Waals surface area contributed by atoms with E-state index in [-0.39, 0.29) is 0 Å². The number of nitrogen functional groups attached to an aromatic ring is 4. The van der Waals surface area contributed by atoms with Crippen molar-refractivity contribution in [3.05, 3.63) is 97.1 Å². The highest BCUT2D eigenvalue weighted by molar-refractivity contribution is 5.46. The Balaban J connectivity index is 0.000000171. The molecule has 4 aromatic carbocycles. The fraction of sp³-hybridized carbons (Fsp3) is 0. The van der Waals surface area contributed by atoms with Gasteiger partial charge in [0.2, 0.25) is 0 Å². The fourth-order valence-electron chi connectivity index (χ4n) is 2.42. The lowest BCUT2D eigenvalue weighted by molar-refractivity contribution is 0.482. The summed E-state index contributed by atoms with van der Waals surface area (Å²) >= 11 is 0. The summed E-state index contributed by atoms with van der Waals surface area (Å²) in [5, 5.41) is 0. The third-order valence-electron chi connectivity index (χ3n) is 3.99. The Morgan fingerprint density at radius 1 is 0.300 bits per heavy atom. The van der Waals surface area contributed by atoms with Crippen LogP contribution in [0, 0.1) is 0 Å². The minimum atomic E-state index is 0.722. The van der Waals surface area contributed by atoms with Gasteiger partial charge in [0.25, 0.3) is 0 Å². The number of benzene rings is 4. The molecule has 0 spiro atoms. The van der Waals surface area contributed by atoms with Gasteiger partial charge in [0.05, 0.1) is 0 Å². The summed E-state index contributed by atoms with van der Waals surface area (Å²) in [6.45, 7) is 0. The zero-order valence-electron chi connectivity index (χ0n) is 16.4. The minimum Gasteiger partial charge on any atom is -0.457 e. The predicted molar refractivity (Wildman–Crippen MR) is 124 cm³/mol. The summed E-state index contributed by atoms with van der Waals surface area (Å²) in [4.78, 5) is 0. The van der Waals surface area contributed by atoms with Crippen LogP contribution >= 0.6 is 0 Å². The Labute approximate surface area is 175 Å². The van der Waals surface area contributed by atoms with E-state index in [2.05, 4.69) is 0 Å². The van der Waals surface area contributed by atoms with Crippen molar-refractivity contribution in [1.29, 1.82) is 0 Å². The summed E-state index contributed by atoms with van der Waals surface area (Å²) in [5.41, 5.74) is 25.2. The van der Waals surface area contributed by atoms with E-state index in [4.69, 9.17) is 32.4 Å². The van der Waals surface area contributed by atoms with Crippen LogP contribution in [0.5, 0.6) is 23.0 Å². The van der Waals surface area contributed by atoms with Gasteiger partial charge in [-0.25, -0.2) is 0 Å². The summed E-state index contributed by atoms with van der Waals surface area (Å²) < 4.78 is 11.2. The Morgan fingerprint density at radius 3 is 0.633 bits per heavy atom. The van der Waals surface area contributed by atoms with Crippen molar-refractivity contribution in [2.24, 2.45) is 0 Å². The zero-order chi connectivity index (χ0) is 21.3. The van der Waals surface area contributed by atoms with Crippen LogP contribution in [0.2, 0.25) is 0 Å². The highest BCUT2D eigenvalue weighted by Gasteiger charge is 1.97. The third kappa shape index (κ3) is 6.38. The molecule has 6 heteroatoms. The Kier molecular flexibility index (Phi) is 6.63. The van der Waals surface area contributed by atoms with Crippen LogP contribution in [0.25, 0.3) is 0 Å². The molecular weight excluding hydrogens is 376 g/mol. The molecule has 6 nitrogen and oxygen atoms in total. The number of hydrogen-bond acceptors (Lipinski definition) is 6. The predicted octanol–water partition coefficient (Wildman–Crippen LogP) is 5.29. The first-order chi connectivity index (χ1) is 14.5. The zero-order valence-corrected chi connectivity index (χ0v) is 16.4. The maximum Gasteiger partial charge on any atom is 0.127 e. The highest BCUT2D eigenvalue weighted by atomic mass is 16.5. The number of nitrogens with two attached hydrogens (primary N) is 4. The van der Waals surface area contributed by atoms with E-state index in [1.54, 1.807) is 48.5 Å². The first-order valence-electron chi connectivity index (χ1n) is 9.26. The van der Waals surface area contributed by atoms with E-state index >= 15 is 0 Å². The largest absolute Gasteiger partial charge is 0.457 e. The maximum absolute atomic E-state index is 5.58. The lowest BCUT2D eigenvalue weighted by Crippen LogP contribution is -1.87. The quantitative estimate of drug-likeness (QED) is 0.345. The van der Waals surface area contributed by atoms with Crippen molar-refractivity contribution in [3.63, 3.8) is 0 Å². The van der Waals surface area contributed by atoms with Crippen molar-refractivity contribution in [1.82, 2.24) is 0 Å². The monoisotopic (exact) mass is 400 g/mol. The van der Waals surface area contributed by atoms with Crippen molar-refractivity contribution in [2.75, 3.05) is 22.9 Å². The topological polar surface area (TPSA) is 123 Å². The van der Waals surface area contributed by atoms with Crippen LogP contribution in [0.1, 0.15) is 0 Å². The molecule has 0 bridgehead atoms. The van der Waals surface area contributed by atoms with Crippen LogP contribution in [0.3, 0.4) is 0 Å². The molecule has 30 heavy (non-hydrogen) atoms. The summed E-state index contributed by atoms with van der Waals surface area (Å²) in [6.07, 6.45) is 0. The van der Waals surface area contributed by atoms with Crippen molar-refractivity contribution in [2.45, 2.75) is 0 Å². The summed E-state index contributed by atoms with van der Waals surface area (Å²) in [6, 6.07) is 29.0. The second-order valence-electron chi connectivity index (χ2n) is 6.48. The van der Waals surface area contributed by atoms with E-state index in [1.807, 2.05) is 48.5 Å². The molecule has 0 aliphatic rings. The van der Waals surface area contributed by atoms with E-state index in [0.717, 1.165) is 45.7 Å². The lowest BCUT2D eigenvalue weighted by Gasteiger charge is -2.05. The highest BCUT2D eigenvalue weighted by Crippen LogP contribution is 2.23. The van der Waals surface area contributed by atoms with E-state index in [9.17, 15) is 0 Å². The van der Waals surface area contributed by atoms with Gasteiger partial charge in [0.15, 0.2) is 0 Å². The van der Waals surface area contributed by atoms with Crippen LogP contribution in [0.4, 0.5) is 22.7 Å². The average molecular weight is 400 g/mol. The number of rotatable bonds is 4. The second-order valence-corrected chi connectivity index (χ2v) is 6.48. The molecule has 0 aliphatic carbocycles. The molecule has 0 amide bonds. The van der Waals surface area contributed by atoms with Crippen LogP contribution in [0.15, 0.2) is 97.1 Å². The third-order valence-corrected chi connectivity index (χ3v) is 3.99. The SMILES string of the molecule is Nc1ccc(Oc2ccc(N)cc2)cc1.Nc1ccc(Oc2ccc(N)cc2)cc1. The molecule has 8 N–H and O–H groups in total. The summed E-state index contributed by atoms with van der Waals surface area (Å²) in [7, 11) is 0. The maximum atomic E-state index is 5.58. The van der Waals surface area contributed by atoms with Gasteiger partial charge < -0.3 is 32.4 Å². The molecular formula is C24H24N4O2.